The molecule has 0 unspecified atom stereocenters. The highest BCUT2D eigenvalue weighted by Crippen LogP contribution is 2.31. The van der Waals surface area contributed by atoms with Gasteiger partial charge in [-0.3, -0.25) is 5.43 Å². The predicted molar refractivity (Wildman–Crippen MR) is 90.3 cm³/mol. The van der Waals surface area contributed by atoms with Gasteiger partial charge in [0.1, 0.15) is 0 Å². The first kappa shape index (κ1) is 12.7. The Balaban J connectivity index is 2.14. The maximum atomic E-state index is 5.56. The third kappa shape index (κ3) is 1.98. The van der Waals surface area contributed by atoms with Gasteiger partial charge in [0.2, 0.25) is 5.95 Å². The highest BCUT2D eigenvalue weighted by atomic mass is 15.3. The second-order valence-electron chi connectivity index (χ2n) is 5.09. The van der Waals surface area contributed by atoms with Crippen LogP contribution in [-0.4, -0.2) is 9.97 Å². The molecule has 0 aliphatic rings. The number of nitrogens with zero attached hydrogens (tertiary/aromatic N) is 2. The van der Waals surface area contributed by atoms with E-state index in [1.54, 1.807) is 0 Å². The predicted octanol–water partition coefficient (Wildman–Crippen LogP) is 3.74. The Morgan fingerprint density at radius 3 is 2.32 bits per heavy atom. The molecule has 0 radical (unpaired) electrons. The molecule has 22 heavy (non-hydrogen) atoms. The second kappa shape index (κ2) is 5.09. The van der Waals surface area contributed by atoms with Gasteiger partial charge in [0.15, 0.2) is 0 Å². The topological polar surface area (TPSA) is 63.8 Å². The summed E-state index contributed by atoms with van der Waals surface area (Å²) in [6, 6.07) is 22.4. The number of nitrogens with two attached hydrogens (primary N) is 1. The molecule has 0 atom stereocenters. The Morgan fingerprint density at radius 2 is 1.50 bits per heavy atom. The van der Waals surface area contributed by atoms with Crippen molar-refractivity contribution in [2.75, 3.05) is 5.43 Å². The van der Waals surface area contributed by atoms with Crippen LogP contribution in [0.25, 0.3) is 32.9 Å². The molecule has 0 amide bonds. The Labute approximate surface area is 127 Å². The number of nitrogen functional groups attached to an aromatic ring is 1. The van der Waals surface area contributed by atoms with Crippen LogP contribution in [0.2, 0.25) is 0 Å². The monoisotopic (exact) mass is 286 g/mol. The summed E-state index contributed by atoms with van der Waals surface area (Å²) in [5.41, 5.74) is 5.40. The number of benzene rings is 3. The minimum atomic E-state index is 0.419. The molecule has 0 saturated carbocycles. The minimum absolute atomic E-state index is 0.419. The molecule has 4 nitrogen and oxygen atoms in total. The summed E-state index contributed by atoms with van der Waals surface area (Å²) >= 11 is 0. The van der Waals surface area contributed by atoms with E-state index >= 15 is 0 Å². The van der Waals surface area contributed by atoms with Crippen molar-refractivity contribution >= 4 is 27.6 Å². The molecule has 0 saturated heterocycles. The molecule has 3 N–H and O–H groups in total. The van der Waals surface area contributed by atoms with Gasteiger partial charge in [-0.1, -0.05) is 60.7 Å². The molecule has 106 valence electrons. The minimum Gasteiger partial charge on any atom is -0.292 e. The van der Waals surface area contributed by atoms with Crippen molar-refractivity contribution in [3.63, 3.8) is 0 Å². The summed E-state index contributed by atoms with van der Waals surface area (Å²) in [6.07, 6.45) is 0. The SMILES string of the molecule is NNc1nc(-c2ccccc2)c2ccc3ccccc3c2n1. The molecule has 1 heterocycles. The van der Waals surface area contributed by atoms with Crippen molar-refractivity contribution in [3.8, 4) is 11.3 Å². The first-order valence-electron chi connectivity index (χ1n) is 7.08. The zero-order valence-electron chi connectivity index (χ0n) is 11.8. The van der Waals surface area contributed by atoms with Gasteiger partial charge in [0.25, 0.3) is 0 Å². The number of rotatable bonds is 2. The third-order valence-corrected chi connectivity index (χ3v) is 3.77. The molecular weight excluding hydrogens is 272 g/mol. The number of fused-ring (bicyclic) bond motifs is 3. The van der Waals surface area contributed by atoms with Gasteiger partial charge in [-0.05, 0) is 11.5 Å². The lowest BCUT2D eigenvalue weighted by molar-refractivity contribution is 1.16. The Morgan fingerprint density at radius 1 is 0.727 bits per heavy atom. The lowest BCUT2D eigenvalue weighted by atomic mass is 10.0. The smallest absolute Gasteiger partial charge is 0.238 e. The van der Waals surface area contributed by atoms with Crippen LogP contribution < -0.4 is 11.3 Å². The molecular formula is C18H14N4. The van der Waals surface area contributed by atoms with Gasteiger partial charge in [0, 0.05) is 16.3 Å². The third-order valence-electron chi connectivity index (χ3n) is 3.77. The van der Waals surface area contributed by atoms with Crippen LogP contribution in [0.1, 0.15) is 0 Å². The normalized spacial score (nSPS) is 11.0. The van der Waals surface area contributed by atoms with Crippen LogP contribution in [0.4, 0.5) is 5.95 Å². The number of nitrogens with one attached hydrogen (secondary N) is 1. The van der Waals surface area contributed by atoms with E-state index in [1.165, 1.54) is 0 Å². The molecule has 4 heteroatoms. The summed E-state index contributed by atoms with van der Waals surface area (Å²) in [4.78, 5) is 9.11. The molecule has 0 aliphatic heterocycles. The molecule has 0 spiro atoms. The fraction of sp³-hybridized carbons (Fsp3) is 0. The fourth-order valence-corrected chi connectivity index (χ4v) is 2.74. The largest absolute Gasteiger partial charge is 0.292 e. The summed E-state index contributed by atoms with van der Waals surface area (Å²) in [6.45, 7) is 0. The lowest BCUT2D eigenvalue weighted by Crippen LogP contribution is -2.11. The van der Waals surface area contributed by atoms with Crippen LogP contribution in [0, 0.1) is 0 Å². The average Bonchev–Trinajstić information content (AvgIpc) is 2.61. The average molecular weight is 286 g/mol. The van der Waals surface area contributed by atoms with Crippen LogP contribution in [0.5, 0.6) is 0 Å². The van der Waals surface area contributed by atoms with E-state index in [4.69, 9.17) is 5.84 Å². The fourth-order valence-electron chi connectivity index (χ4n) is 2.74. The number of anilines is 1. The number of hydrogen-bond donors (Lipinski definition) is 2. The van der Waals surface area contributed by atoms with E-state index in [9.17, 15) is 0 Å². The van der Waals surface area contributed by atoms with Gasteiger partial charge in [0.05, 0.1) is 11.2 Å². The van der Waals surface area contributed by atoms with E-state index in [1.807, 2.05) is 42.5 Å². The van der Waals surface area contributed by atoms with E-state index < -0.39 is 0 Å². The number of aromatic nitrogens is 2. The van der Waals surface area contributed by atoms with Crippen LogP contribution in [0.3, 0.4) is 0 Å². The van der Waals surface area contributed by atoms with Gasteiger partial charge in [-0.15, -0.1) is 0 Å². The number of hydrazine groups is 1. The zero-order valence-corrected chi connectivity index (χ0v) is 11.8. The van der Waals surface area contributed by atoms with Crippen LogP contribution in [-0.2, 0) is 0 Å². The molecule has 4 rings (SSSR count). The summed E-state index contributed by atoms with van der Waals surface area (Å²) in [7, 11) is 0. The van der Waals surface area contributed by atoms with Gasteiger partial charge >= 0.3 is 0 Å². The summed E-state index contributed by atoms with van der Waals surface area (Å²) < 4.78 is 0. The quantitative estimate of drug-likeness (QED) is 0.335. The molecule has 4 aromatic rings. The first-order chi connectivity index (χ1) is 10.9. The van der Waals surface area contributed by atoms with E-state index in [0.717, 1.165) is 32.9 Å². The molecule has 0 aliphatic carbocycles. The molecule has 1 aromatic heterocycles. The van der Waals surface area contributed by atoms with Gasteiger partial charge in [-0.25, -0.2) is 15.8 Å². The highest BCUT2D eigenvalue weighted by Gasteiger charge is 2.11. The van der Waals surface area contributed by atoms with E-state index in [2.05, 4.69) is 39.7 Å². The molecule has 0 fully saturated rings. The number of hydrogen-bond acceptors (Lipinski definition) is 4. The van der Waals surface area contributed by atoms with Crippen molar-refractivity contribution < 1.29 is 0 Å². The first-order valence-corrected chi connectivity index (χ1v) is 7.08. The molecule has 0 bridgehead atoms. The Hall–Kier alpha value is -2.98. The van der Waals surface area contributed by atoms with Crippen molar-refractivity contribution in [1.29, 1.82) is 0 Å². The second-order valence-corrected chi connectivity index (χ2v) is 5.09. The van der Waals surface area contributed by atoms with Crippen molar-refractivity contribution in [3.05, 3.63) is 66.7 Å². The van der Waals surface area contributed by atoms with Crippen LogP contribution >= 0.6 is 0 Å². The van der Waals surface area contributed by atoms with Gasteiger partial charge < -0.3 is 0 Å². The van der Waals surface area contributed by atoms with Gasteiger partial charge in [-0.2, -0.15) is 0 Å². The zero-order chi connectivity index (χ0) is 14.9. The standard InChI is InChI=1S/C18H14N4/c19-22-18-20-16(13-7-2-1-3-8-13)15-11-10-12-6-4-5-9-14(12)17(15)21-18/h1-11H,19H2,(H,20,21,22). The van der Waals surface area contributed by atoms with E-state index in [-0.39, 0.29) is 0 Å². The Kier molecular flexibility index (Phi) is 2.95. The summed E-state index contributed by atoms with van der Waals surface area (Å²) in [5.74, 6) is 5.98. The molecule has 3 aromatic carbocycles. The van der Waals surface area contributed by atoms with E-state index in [0.29, 0.717) is 5.95 Å². The van der Waals surface area contributed by atoms with Crippen LogP contribution in [0.15, 0.2) is 66.7 Å². The summed E-state index contributed by atoms with van der Waals surface area (Å²) in [5, 5.41) is 3.26. The maximum Gasteiger partial charge on any atom is 0.238 e. The lowest BCUT2D eigenvalue weighted by Gasteiger charge is -2.10. The van der Waals surface area contributed by atoms with Crippen molar-refractivity contribution in [2.45, 2.75) is 0 Å². The highest BCUT2D eigenvalue weighted by molar-refractivity contribution is 6.09. The van der Waals surface area contributed by atoms with Crippen molar-refractivity contribution in [2.24, 2.45) is 5.84 Å². The maximum absolute atomic E-state index is 5.56. The van der Waals surface area contributed by atoms with Crippen molar-refractivity contribution in [1.82, 2.24) is 9.97 Å². The Bertz CT molecular complexity index is 964.